The summed E-state index contributed by atoms with van der Waals surface area (Å²) in [7, 11) is 0. The van der Waals surface area contributed by atoms with Crippen LogP contribution in [0.5, 0.6) is 0 Å². The molecule has 7 heterocycles. The highest BCUT2D eigenvalue weighted by atomic mass is 19.1. The van der Waals surface area contributed by atoms with Gasteiger partial charge in [-0.05, 0) is 159 Å². The molecule has 4 atom stereocenters. The van der Waals surface area contributed by atoms with Crippen LogP contribution in [0, 0.1) is 25.5 Å². The topological polar surface area (TPSA) is 233 Å². The summed E-state index contributed by atoms with van der Waals surface area (Å²) in [5.74, 6) is -2.11. The molecule has 17 nitrogen and oxygen atoms in total. The lowest BCUT2D eigenvalue weighted by atomic mass is 9.77. The molecule has 82 heavy (non-hydrogen) atoms. The summed E-state index contributed by atoms with van der Waals surface area (Å²) in [5.41, 5.74) is 5.51. The van der Waals surface area contributed by atoms with Crippen LogP contribution in [0.25, 0.3) is 44.6 Å². The Morgan fingerprint density at radius 3 is 1.70 bits per heavy atom. The van der Waals surface area contributed by atoms with Crippen LogP contribution < -0.4 is 27.1 Å². The van der Waals surface area contributed by atoms with Gasteiger partial charge in [0.05, 0.1) is 70.1 Å². The zero-order valence-electron chi connectivity index (χ0n) is 48.3. The van der Waals surface area contributed by atoms with E-state index in [1.165, 1.54) is 12.1 Å². The zero-order valence-corrected chi connectivity index (χ0v) is 48.3. The molecule has 3 aliphatic carbocycles. The van der Waals surface area contributed by atoms with Gasteiger partial charge in [0.2, 0.25) is 11.8 Å². The lowest BCUT2D eigenvalue weighted by Gasteiger charge is -2.32. The maximum absolute atomic E-state index is 15.1. The van der Waals surface area contributed by atoms with Crippen LogP contribution in [0.2, 0.25) is 0 Å². The van der Waals surface area contributed by atoms with Gasteiger partial charge in [-0.15, -0.1) is 0 Å². The van der Waals surface area contributed by atoms with Gasteiger partial charge < -0.3 is 44.8 Å². The minimum absolute atomic E-state index is 0.0215. The highest BCUT2D eigenvalue weighted by Crippen LogP contribution is 2.48. The molecule has 2 aromatic carbocycles. The highest BCUT2D eigenvalue weighted by Gasteiger charge is 2.47. The molecule has 6 aromatic rings. The molecule has 0 saturated heterocycles. The fraction of sp³-hybridized carbons (Fsp3) is 0.492. The Kier molecular flexibility index (Phi) is 14.1. The second kappa shape index (κ2) is 20.4. The molecule has 19 heteroatoms. The van der Waals surface area contributed by atoms with Gasteiger partial charge in [0.1, 0.15) is 30.4 Å². The fourth-order valence-corrected chi connectivity index (χ4v) is 13.3. The number of rotatable bonds is 10. The molecule has 4 aromatic heterocycles. The summed E-state index contributed by atoms with van der Waals surface area (Å²) in [6.45, 7) is 19.7. The molecular weight excluding hydrogens is 1050 g/mol. The molecule has 6 aliphatic rings. The van der Waals surface area contributed by atoms with Crippen LogP contribution >= 0.6 is 0 Å². The molecule has 432 valence electrons. The van der Waals surface area contributed by atoms with Crippen molar-refractivity contribution < 1.29 is 47.6 Å². The third-order valence-electron chi connectivity index (χ3n) is 17.7. The van der Waals surface area contributed by atoms with Crippen molar-refractivity contribution in [2.75, 3.05) is 13.2 Å². The predicted octanol–water partition coefficient (Wildman–Crippen LogP) is 7.70. The van der Waals surface area contributed by atoms with E-state index < -0.39 is 28.8 Å². The van der Waals surface area contributed by atoms with Gasteiger partial charge in [0.25, 0.3) is 11.1 Å². The number of nitrogens with zero attached hydrogens (tertiary/aromatic N) is 4. The summed E-state index contributed by atoms with van der Waals surface area (Å²) in [5, 5.41) is 33.9. The summed E-state index contributed by atoms with van der Waals surface area (Å²) in [4.78, 5) is 88.6. The monoisotopic (exact) mass is 1120 g/mol. The standard InChI is InChI=1S/C33H39FN4O4.C30H32FN3O6/c1-6-33(42)21-14-25-30-20(16-38(25)31(41)19(21)10-12-26(33)39)29-23(36-27(40)8-7-13-35-32(3,4)5)11-9-18-17(2)22(34)15-24(37-30)28(18)29;1-6-30(38)18-9-22-26-16(11-34(22)27(36)17(18)12-39-28(30)37)25-20(32-23(35)13-40-29(3,4)5)8-7-15-14(2)19(31)10-21(33-26)24(15)25/h14-15,23,35,42H,6-13,16H2,1-5H3,(H,36,40);9-10,20,38H,6-8,11-13H2,1-5H3,(H,32,35)/t23-,33-;20-,30-/m00/s1. The van der Waals surface area contributed by atoms with Crippen molar-refractivity contribution in [1.29, 1.82) is 0 Å². The number of aromatic nitrogens is 4. The molecule has 0 bridgehead atoms. The molecule has 0 unspecified atom stereocenters. The number of hydrogen-bond donors (Lipinski definition) is 5. The van der Waals surface area contributed by atoms with Gasteiger partial charge in [-0.3, -0.25) is 24.0 Å². The Morgan fingerprint density at radius 2 is 1.20 bits per heavy atom. The van der Waals surface area contributed by atoms with E-state index in [1.807, 2.05) is 20.8 Å². The van der Waals surface area contributed by atoms with Gasteiger partial charge >= 0.3 is 5.97 Å². The number of cyclic esters (lactones) is 1. The first-order valence-electron chi connectivity index (χ1n) is 28.6. The molecular formula is C63H71F2N7O10. The van der Waals surface area contributed by atoms with E-state index in [0.717, 1.165) is 50.7 Å². The van der Waals surface area contributed by atoms with Gasteiger partial charge in [0, 0.05) is 69.1 Å². The number of carbonyl (C=O) groups excluding carboxylic acids is 4. The number of benzene rings is 2. The van der Waals surface area contributed by atoms with Gasteiger partial charge in [-0.25, -0.2) is 23.5 Å². The largest absolute Gasteiger partial charge is 0.458 e. The van der Waals surface area contributed by atoms with Crippen LogP contribution in [0.1, 0.15) is 179 Å². The first-order chi connectivity index (χ1) is 38.7. The first kappa shape index (κ1) is 56.8. The number of amides is 2. The lowest BCUT2D eigenvalue weighted by Crippen LogP contribution is -2.44. The van der Waals surface area contributed by atoms with Crippen LogP contribution in [-0.2, 0) is 78.8 Å². The number of ether oxygens (including phenoxy) is 2. The second-order valence-electron chi connectivity index (χ2n) is 25.0. The maximum Gasteiger partial charge on any atom is 0.343 e. The van der Waals surface area contributed by atoms with E-state index in [9.17, 15) is 39.0 Å². The van der Waals surface area contributed by atoms with Crippen LogP contribution in [0.15, 0.2) is 33.9 Å². The number of hydrogen-bond acceptors (Lipinski definition) is 13. The van der Waals surface area contributed by atoms with Crippen LogP contribution in [-0.4, -0.2) is 77.2 Å². The number of aliphatic hydroxyl groups is 2. The average molecular weight is 1120 g/mol. The smallest absolute Gasteiger partial charge is 0.343 e. The van der Waals surface area contributed by atoms with Crippen molar-refractivity contribution in [1.82, 2.24) is 35.1 Å². The van der Waals surface area contributed by atoms with Gasteiger partial charge in [0.15, 0.2) is 11.4 Å². The highest BCUT2D eigenvalue weighted by molar-refractivity contribution is 5.96. The normalized spacial score (nSPS) is 21.0. The third-order valence-corrected chi connectivity index (χ3v) is 17.7. The Labute approximate surface area is 473 Å². The number of fused-ring (bicyclic) bond motifs is 10. The minimum Gasteiger partial charge on any atom is -0.458 e. The Bertz CT molecular complexity index is 3910. The molecule has 0 spiro atoms. The number of Topliss-reactive ketones (excluding diaryl/α,β-unsaturated/α-hetero) is 1. The molecule has 12 rings (SSSR count). The number of nitrogens with one attached hydrogen (secondary N) is 3. The number of carbonyl (C=O) groups is 4. The Balaban J connectivity index is 0.000000172. The second-order valence-corrected chi connectivity index (χ2v) is 25.0. The average Bonchev–Trinajstić information content (AvgIpc) is 4.21. The van der Waals surface area contributed by atoms with Crippen LogP contribution in [0.3, 0.4) is 0 Å². The zero-order chi connectivity index (χ0) is 58.9. The number of aryl methyl sites for hydroxylation is 2. The molecule has 5 N–H and O–H groups in total. The van der Waals surface area contributed by atoms with E-state index in [4.69, 9.17) is 19.4 Å². The number of halogens is 2. The van der Waals surface area contributed by atoms with E-state index in [1.54, 1.807) is 49.0 Å². The maximum atomic E-state index is 15.1. The van der Waals surface area contributed by atoms with Gasteiger partial charge in [-0.1, -0.05) is 13.8 Å². The van der Waals surface area contributed by atoms with Crippen molar-refractivity contribution in [2.45, 2.75) is 188 Å². The summed E-state index contributed by atoms with van der Waals surface area (Å²) >= 11 is 0. The molecule has 3 aliphatic heterocycles. The first-order valence-corrected chi connectivity index (χ1v) is 28.6. The lowest BCUT2D eigenvalue weighted by molar-refractivity contribution is -0.172. The number of ketones is 1. The summed E-state index contributed by atoms with van der Waals surface area (Å²) in [6.07, 6.45) is 4.00. The van der Waals surface area contributed by atoms with Gasteiger partial charge in [-0.2, -0.15) is 0 Å². The molecule has 2 amide bonds. The van der Waals surface area contributed by atoms with Crippen molar-refractivity contribution >= 4 is 45.4 Å². The summed E-state index contributed by atoms with van der Waals surface area (Å²) in [6, 6.07) is 5.49. The fourth-order valence-electron chi connectivity index (χ4n) is 13.3. The number of pyridine rings is 4. The summed E-state index contributed by atoms with van der Waals surface area (Å²) < 4.78 is 44.2. The van der Waals surface area contributed by atoms with Crippen molar-refractivity contribution in [3.63, 3.8) is 0 Å². The van der Waals surface area contributed by atoms with E-state index in [0.29, 0.717) is 94.6 Å². The molecule has 0 radical (unpaired) electrons. The quantitative estimate of drug-likeness (QED) is 0.0653. The minimum atomic E-state index is -1.95. The van der Waals surface area contributed by atoms with E-state index in [2.05, 4.69) is 36.7 Å². The van der Waals surface area contributed by atoms with Crippen molar-refractivity contribution in [3.05, 3.63) is 123 Å². The predicted molar refractivity (Wildman–Crippen MR) is 303 cm³/mol. The molecule has 0 fully saturated rings. The Hall–Kier alpha value is -7.06. The van der Waals surface area contributed by atoms with Crippen LogP contribution in [0.4, 0.5) is 8.78 Å². The molecule has 0 saturated carbocycles. The van der Waals surface area contributed by atoms with Crippen molar-refractivity contribution in [2.24, 2.45) is 0 Å². The van der Waals surface area contributed by atoms with E-state index in [-0.39, 0.29) is 115 Å². The number of esters is 1. The van der Waals surface area contributed by atoms with E-state index >= 15 is 8.78 Å². The Morgan fingerprint density at radius 1 is 0.695 bits per heavy atom. The van der Waals surface area contributed by atoms with Crippen molar-refractivity contribution in [3.8, 4) is 22.8 Å². The SMILES string of the molecule is CC[C@@]1(O)C(=O)CCc2c1cc1n(c2=O)Cc2c-1nc1cc(F)c(C)c3c1c2[C@@H](NC(=O)CCCNC(C)(C)C)CC3.CC[C@@]1(O)C(=O)OCc2c1cc1n(c2=O)Cc2c-1nc1cc(F)c(C)c3c1c2[C@@H](NC(=O)COC(C)(C)C)CC3. The third kappa shape index (κ3) is 9.35.